The maximum absolute atomic E-state index is 12.5. The molecule has 0 aliphatic heterocycles. The molecule has 1 heterocycles. The van der Waals surface area contributed by atoms with Crippen molar-refractivity contribution in [1.29, 1.82) is 0 Å². The third-order valence-corrected chi connectivity index (χ3v) is 5.01. The standard InChI is InChI=1S/C20H17ClO4S/c1-12-4-9-18(16(21)10-12)25-20-17(22)11-13(2)24-19(20)14-5-7-15(8-6-14)26(3)23/h4-11H,1-3H3. The average Bonchev–Trinajstić information content (AvgIpc) is 2.59. The third-order valence-electron chi connectivity index (χ3n) is 3.78. The lowest BCUT2D eigenvalue weighted by Crippen LogP contribution is -2.06. The second-order valence-corrected chi connectivity index (χ2v) is 7.68. The Morgan fingerprint density at radius 1 is 1.04 bits per heavy atom. The van der Waals surface area contributed by atoms with Gasteiger partial charge in [-0.05, 0) is 55.8 Å². The molecule has 0 aliphatic carbocycles. The zero-order valence-electron chi connectivity index (χ0n) is 14.5. The van der Waals surface area contributed by atoms with Gasteiger partial charge in [0, 0.05) is 33.6 Å². The van der Waals surface area contributed by atoms with Crippen molar-refractivity contribution in [3.8, 4) is 22.8 Å². The zero-order chi connectivity index (χ0) is 18.8. The van der Waals surface area contributed by atoms with E-state index in [9.17, 15) is 9.00 Å². The van der Waals surface area contributed by atoms with Gasteiger partial charge in [-0.3, -0.25) is 9.00 Å². The summed E-state index contributed by atoms with van der Waals surface area (Å²) in [6, 6.07) is 13.7. The van der Waals surface area contributed by atoms with Crippen molar-refractivity contribution in [2.45, 2.75) is 18.7 Å². The first-order chi connectivity index (χ1) is 12.3. The highest BCUT2D eigenvalue weighted by molar-refractivity contribution is 7.84. The van der Waals surface area contributed by atoms with Crippen LogP contribution in [0.3, 0.4) is 0 Å². The number of benzene rings is 2. The minimum Gasteiger partial charge on any atom is -0.457 e. The molecule has 6 heteroatoms. The Morgan fingerprint density at radius 2 is 1.73 bits per heavy atom. The molecule has 4 nitrogen and oxygen atoms in total. The van der Waals surface area contributed by atoms with Crippen molar-refractivity contribution < 1.29 is 13.4 Å². The summed E-state index contributed by atoms with van der Waals surface area (Å²) in [6.45, 7) is 3.61. The third kappa shape index (κ3) is 3.89. The highest BCUT2D eigenvalue weighted by Crippen LogP contribution is 2.35. The second-order valence-electron chi connectivity index (χ2n) is 5.89. The van der Waals surface area contributed by atoms with Crippen LogP contribution in [0.25, 0.3) is 11.3 Å². The van der Waals surface area contributed by atoms with Gasteiger partial charge >= 0.3 is 0 Å². The van der Waals surface area contributed by atoms with Gasteiger partial charge in [0.15, 0.2) is 5.76 Å². The van der Waals surface area contributed by atoms with E-state index in [4.69, 9.17) is 20.8 Å². The fourth-order valence-electron chi connectivity index (χ4n) is 2.48. The number of halogens is 1. The Kier molecular flexibility index (Phi) is 5.30. The normalized spacial score (nSPS) is 12.0. The van der Waals surface area contributed by atoms with Gasteiger partial charge in [0.05, 0.1) is 5.02 Å². The Balaban J connectivity index is 2.10. The van der Waals surface area contributed by atoms with Crippen molar-refractivity contribution in [1.82, 2.24) is 0 Å². The molecule has 0 saturated carbocycles. The van der Waals surface area contributed by atoms with Crippen LogP contribution in [0.4, 0.5) is 0 Å². The fourth-order valence-corrected chi connectivity index (χ4v) is 3.28. The highest BCUT2D eigenvalue weighted by Gasteiger charge is 2.17. The lowest BCUT2D eigenvalue weighted by atomic mass is 10.1. The molecule has 0 radical (unpaired) electrons. The summed E-state index contributed by atoms with van der Waals surface area (Å²) < 4.78 is 23.2. The van der Waals surface area contributed by atoms with Crippen LogP contribution in [-0.2, 0) is 10.8 Å². The van der Waals surface area contributed by atoms with E-state index >= 15 is 0 Å². The maximum Gasteiger partial charge on any atom is 0.228 e. The van der Waals surface area contributed by atoms with Gasteiger partial charge in [0.2, 0.25) is 11.2 Å². The molecule has 2 aromatic carbocycles. The van der Waals surface area contributed by atoms with Crippen LogP contribution in [-0.4, -0.2) is 10.5 Å². The molecule has 0 fully saturated rings. The van der Waals surface area contributed by atoms with Crippen LogP contribution in [0.5, 0.6) is 11.5 Å². The molecular weight excluding hydrogens is 372 g/mol. The molecule has 0 saturated heterocycles. The summed E-state index contributed by atoms with van der Waals surface area (Å²) in [4.78, 5) is 13.2. The van der Waals surface area contributed by atoms with E-state index in [1.165, 1.54) is 6.07 Å². The SMILES string of the molecule is Cc1ccc(Oc2c(-c3ccc(S(C)=O)cc3)oc(C)cc2=O)c(Cl)c1. The quantitative estimate of drug-likeness (QED) is 0.623. The van der Waals surface area contributed by atoms with Crippen molar-refractivity contribution in [2.75, 3.05) is 6.26 Å². The van der Waals surface area contributed by atoms with Gasteiger partial charge in [0.1, 0.15) is 11.5 Å². The van der Waals surface area contributed by atoms with E-state index in [0.717, 1.165) is 5.56 Å². The van der Waals surface area contributed by atoms with Crippen LogP contribution < -0.4 is 10.2 Å². The van der Waals surface area contributed by atoms with Crippen LogP contribution in [0.1, 0.15) is 11.3 Å². The van der Waals surface area contributed by atoms with E-state index in [1.807, 2.05) is 13.0 Å². The summed E-state index contributed by atoms with van der Waals surface area (Å²) >= 11 is 6.23. The molecule has 0 bridgehead atoms. The van der Waals surface area contributed by atoms with Gasteiger partial charge in [-0.2, -0.15) is 0 Å². The molecule has 1 atom stereocenters. The number of rotatable bonds is 4. The Hall–Kier alpha value is -2.37. The first-order valence-corrected chi connectivity index (χ1v) is 9.81. The first kappa shape index (κ1) is 18.4. The van der Waals surface area contributed by atoms with Gasteiger partial charge in [-0.25, -0.2) is 0 Å². The van der Waals surface area contributed by atoms with Crippen LogP contribution >= 0.6 is 11.6 Å². The van der Waals surface area contributed by atoms with E-state index < -0.39 is 10.8 Å². The summed E-state index contributed by atoms with van der Waals surface area (Å²) in [5.74, 6) is 1.21. The minimum absolute atomic E-state index is 0.0618. The molecule has 0 amide bonds. The lowest BCUT2D eigenvalue weighted by molar-refractivity contribution is 0.438. The van der Waals surface area contributed by atoms with Crippen molar-refractivity contribution >= 4 is 22.4 Å². The van der Waals surface area contributed by atoms with E-state index in [2.05, 4.69) is 0 Å². The highest BCUT2D eigenvalue weighted by atomic mass is 35.5. The number of hydrogen-bond acceptors (Lipinski definition) is 4. The smallest absolute Gasteiger partial charge is 0.228 e. The molecule has 26 heavy (non-hydrogen) atoms. The second kappa shape index (κ2) is 7.48. The van der Waals surface area contributed by atoms with E-state index in [-0.39, 0.29) is 11.2 Å². The monoisotopic (exact) mass is 388 g/mol. The molecule has 3 aromatic rings. The van der Waals surface area contributed by atoms with Gasteiger partial charge in [0.25, 0.3) is 0 Å². The van der Waals surface area contributed by atoms with Crippen molar-refractivity contribution in [3.63, 3.8) is 0 Å². The van der Waals surface area contributed by atoms with E-state index in [0.29, 0.717) is 32.8 Å². The maximum atomic E-state index is 12.5. The predicted molar refractivity (Wildman–Crippen MR) is 104 cm³/mol. The van der Waals surface area contributed by atoms with Crippen LogP contribution in [0.15, 0.2) is 62.6 Å². The molecule has 0 spiro atoms. The Bertz CT molecular complexity index is 1040. The van der Waals surface area contributed by atoms with Crippen LogP contribution in [0, 0.1) is 13.8 Å². The lowest BCUT2D eigenvalue weighted by Gasteiger charge is -2.12. The van der Waals surface area contributed by atoms with Crippen molar-refractivity contribution in [3.05, 3.63) is 75.1 Å². The zero-order valence-corrected chi connectivity index (χ0v) is 16.1. The topological polar surface area (TPSA) is 56.5 Å². The number of ether oxygens (including phenoxy) is 1. The summed E-state index contributed by atoms with van der Waals surface area (Å²) in [6.07, 6.45) is 1.61. The largest absolute Gasteiger partial charge is 0.457 e. The molecule has 134 valence electrons. The number of hydrogen-bond donors (Lipinski definition) is 0. The molecule has 1 unspecified atom stereocenters. The Morgan fingerprint density at radius 3 is 2.35 bits per heavy atom. The predicted octanol–water partition coefficient (Wildman–Crippen LogP) is 5.11. The fraction of sp³-hybridized carbons (Fsp3) is 0.150. The van der Waals surface area contributed by atoms with Crippen LogP contribution in [0.2, 0.25) is 5.02 Å². The summed E-state index contributed by atoms with van der Waals surface area (Å²) in [5.41, 5.74) is 1.34. The summed E-state index contributed by atoms with van der Waals surface area (Å²) in [5, 5.41) is 0.410. The molecule has 3 rings (SSSR count). The molecule has 1 aromatic heterocycles. The van der Waals surface area contributed by atoms with Gasteiger partial charge in [-0.15, -0.1) is 0 Å². The van der Waals surface area contributed by atoms with Gasteiger partial charge < -0.3 is 9.15 Å². The van der Waals surface area contributed by atoms with E-state index in [1.54, 1.807) is 49.6 Å². The molecular formula is C20H17ClO4S. The Labute approximate surface area is 158 Å². The average molecular weight is 389 g/mol. The molecule has 0 N–H and O–H groups in total. The van der Waals surface area contributed by atoms with Crippen molar-refractivity contribution in [2.24, 2.45) is 0 Å². The number of aryl methyl sites for hydroxylation is 2. The summed E-state index contributed by atoms with van der Waals surface area (Å²) in [7, 11) is -1.09. The first-order valence-electron chi connectivity index (χ1n) is 7.88. The minimum atomic E-state index is -1.09. The molecule has 0 aliphatic rings. The van der Waals surface area contributed by atoms with Gasteiger partial charge in [-0.1, -0.05) is 17.7 Å².